The molecule has 0 fully saturated rings. The third-order valence-electron chi connectivity index (χ3n) is 1.38. The lowest BCUT2D eigenvalue weighted by atomic mass is 10.1. The van der Waals surface area contributed by atoms with Crippen molar-refractivity contribution in [3.8, 4) is 0 Å². The molecular weight excluding hydrogens is 150 g/mol. The Kier molecular flexibility index (Phi) is 4.97. The van der Waals surface area contributed by atoms with Crippen LogP contribution >= 0.6 is 0 Å². The molecule has 5 nitrogen and oxygen atoms in total. The van der Waals surface area contributed by atoms with Gasteiger partial charge in [0.25, 0.3) is 0 Å². The number of rotatable bonds is 5. The van der Waals surface area contributed by atoms with Crippen LogP contribution in [0.1, 0.15) is 6.42 Å². The van der Waals surface area contributed by atoms with Gasteiger partial charge in [0.05, 0.1) is 24.9 Å². The Labute approximate surface area is 64.4 Å². The normalized spacial score (nSPS) is 18.9. The summed E-state index contributed by atoms with van der Waals surface area (Å²) in [5.74, 6) is 0. The van der Waals surface area contributed by atoms with Crippen molar-refractivity contribution in [2.45, 2.75) is 24.7 Å². The van der Waals surface area contributed by atoms with Crippen LogP contribution in [0.2, 0.25) is 0 Å². The van der Waals surface area contributed by atoms with Gasteiger partial charge in [-0.2, -0.15) is 0 Å². The summed E-state index contributed by atoms with van der Waals surface area (Å²) in [6.45, 7) is -0.420. The molecule has 0 aromatic heterocycles. The minimum atomic E-state index is -1.25. The fraction of sp³-hybridized carbons (Fsp3) is 0.833. The second kappa shape index (κ2) is 5.20. The predicted molar refractivity (Wildman–Crippen MR) is 37.8 cm³/mol. The predicted octanol–water partition coefficient (Wildman–Crippen LogP) is -2.38. The average molecular weight is 163 g/mol. The Morgan fingerprint density at radius 3 is 2.36 bits per heavy atom. The molecule has 0 aromatic carbocycles. The fourth-order valence-corrected chi connectivity index (χ4v) is 0.631. The number of carbonyl (C=O) groups excluding carboxylic acids is 1. The molecule has 0 bridgehead atoms. The maximum Gasteiger partial charge on any atom is 0.122 e. The third-order valence-corrected chi connectivity index (χ3v) is 1.38. The molecule has 0 aliphatic carbocycles. The maximum absolute atomic E-state index is 9.86. The van der Waals surface area contributed by atoms with Crippen molar-refractivity contribution in [2.75, 3.05) is 6.61 Å². The summed E-state index contributed by atoms with van der Waals surface area (Å²) in [5, 5.41) is 26.4. The van der Waals surface area contributed by atoms with Crippen molar-refractivity contribution in [2.24, 2.45) is 5.73 Å². The lowest BCUT2D eigenvalue weighted by molar-refractivity contribution is -0.111. The molecule has 0 saturated heterocycles. The van der Waals surface area contributed by atoms with Crippen LogP contribution in [-0.4, -0.2) is 46.5 Å². The molecule has 0 rings (SSSR count). The number of aldehydes is 1. The maximum atomic E-state index is 9.86. The molecule has 3 atom stereocenters. The van der Waals surface area contributed by atoms with E-state index in [1.165, 1.54) is 0 Å². The van der Waals surface area contributed by atoms with Crippen LogP contribution in [0.3, 0.4) is 0 Å². The van der Waals surface area contributed by atoms with Crippen LogP contribution in [0.4, 0.5) is 0 Å². The van der Waals surface area contributed by atoms with Gasteiger partial charge in [-0.3, -0.25) is 0 Å². The Balaban J connectivity index is 3.79. The van der Waals surface area contributed by atoms with E-state index in [9.17, 15) is 4.79 Å². The summed E-state index contributed by atoms with van der Waals surface area (Å²) in [4.78, 5) is 9.86. The van der Waals surface area contributed by atoms with E-state index in [-0.39, 0.29) is 6.42 Å². The summed E-state index contributed by atoms with van der Waals surface area (Å²) < 4.78 is 0. The summed E-state index contributed by atoms with van der Waals surface area (Å²) in [5.41, 5.74) is 5.17. The number of hydrogen-bond acceptors (Lipinski definition) is 5. The van der Waals surface area contributed by atoms with Crippen molar-refractivity contribution >= 4 is 6.29 Å². The van der Waals surface area contributed by atoms with E-state index in [4.69, 9.17) is 21.1 Å². The topological polar surface area (TPSA) is 104 Å². The Morgan fingerprint density at radius 2 is 2.00 bits per heavy atom. The number of aliphatic hydroxyl groups is 3. The van der Waals surface area contributed by atoms with Crippen molar-refractivity contribution in [1.29, 1.82) is 0 Å². The molecule has 0 spiro atoms. The molecule has 0 saturated carbocycles. The third kappa shape index (κ3) is 3.43. The fourth-order valence-electron chi connectivity index (χ4n) is 0.631. The average Bonchev–Trinajstić information content (AvgIpc) is 2.02. The van der Waals surface area contributed by atoms with E-state index in [0.29, 0.717) is 6.29 Å². The SMILES string of the molecule is N[C@@H](CO)[C@@H](O)[C@H](O)CC=O. The van der Waals surface area contributed by atoms with Gasteiger partial charge in [0.15, 0.2) is 0 Å². The van der Waals surface area contributed by atoms with Gasteiger partial charge in [-0.25, -0.2) is 0 Å². The summed E-state index contributed by atoms with van der Waals surface area (Å²) in [6.07, 6.45) is -2.12. The molecule has 0 radical (unpaired) electrons. The molecule has 0 aliphatic rings. The molecule has 0 amide bonds. The molecular formula is C6H13NO4. The highest BCUT2D eigenvalue weighted by atomic mass is 16.3. The van der Waals surface area contributed by atoms with Gasteiger partial charge in [-0.1, -0.05) is 0 Å². The van der Waals surface area contributed by atoms with E-state index >= 15 is 0 Å². The monoisotopic (exact) mass is 163 g/mol. The molecule has 0 unspecified atom stereocenters. The van der Waals surface area contributed by atoms with Crippen molar-refractivity contribution in [3.63, 3.8) is 0 Å². The molecule has 5 N–H and O–H groups in total. The lowest BCUT2D eigenvalue weighted by Gasteiger charge is -2.20. The first kappa shape index (κ1) is 10.5. The highest BCUT2D eigenvalue weighted by Crippen LogP contribution is 2.00. The lowest BCUT2D eigenvalue weighted by Crippen LogP contribution is -2.45. The number of aliphatic hydroxyl groups excluding tert-OH is 3. The standard InChI is InChI=1S/C6H13NO4/c7-4(3-9)6(11)5(10)1-2-8/h2,4-6,9-11H,1,3,7H2/t4-,5+,6+/m0/s1. The van der Waals surface area contributed by atoms with Crippen LogP contribution in [0.5, 0.6) is 0 Å². The first-order chi connectivity index (χ1) is 5.13. The van der Waals surface area contributed by atoms with E-state index in [2.05, 4.69) is 0 Å². The van der Waals surface area contributed by atoms with Crippen LogP contribution in [-0.2, 0) is 4.79 Å². The molecule has 11 heavy (non-hydrogen) atoms. The highest BCUT2D eigenvalue weighted by molar-refractivity contribution is 5.50. The van der Waals surface area contributed by atoms with E-state index < -0.39 is 24.9 Å². The minimum absolute atomic E-state index is 0.172. The molecule has 0 aromatic rings. The van der Waals surface area contributed by atoms with E-state index in [0.717, 1.165) is 0 Å². The quantitative estimate of drug-likeness (QED) is 0.339. The van der Waals surface area contributed by atoms with Gasteiger partial charge < -0.3 is 25.8 Å². The smallest absolute Gasteiger partial charge is 0.122 e. The molecule has 0 heterocycles. The van der Waals surface area contributed by atoms with Crippen LogP contribution in [0.15, 0.2) is 0 Å². The molecule has 0 aliphatic heterocycles. The first-order valence-corrected chi connectivity index (χ1v) is 3.29. The van der Waals surface area contributed by atoms with Gasteiger partial charge in [0.1, 0.15) is 6.29 Å². The van der Waals surface area contributed by atoms with Crippen LogP contribution in [0.25, 0.3) is 0 Å². The molecule has 5 heteroatoms. The Hall–Kier alpha value is -0.490. The zero-order valence-corrected chi connectivity index (χ0v) is 6.05. The summed E-state index contributed by atoms with van der Waals surface area (Å²) in [6, 6.07) is -0.898. The molecule has 66 valence electrons. The summed E-state index contributed by atoms with van der Waals surface area (Å²) >= 11 is 0. The number of carbonyl (C=O) groups is 1. The first-order valence-electron chi connectivity index (χ1n) is 3.29. The second-order valence-corrected chi connectivity index (χ2v) is 2.31. The van der Waals surface area contributed by atoms with Gasteiger partial charge >= 0.3 is 0 Å². The van der Waals surface area contributed by atoms with E-state index in [1.54, 1.807) is 0 Å². The van der Waals surface area contributed by atoms with Gasteiger partial charge in [-0.05, 0) is 0 Å². The largest absolute Gasteiger partial charge is 0.395 e. The Bertz CT molecular complexity index is 119. The zero-order chi connectivity index (χ0) is 8.85. The van der Waals surface area contributed by atoms with Crippen LogP contribution < -0.4 is 5.73 Å². The number of hydrogen-bond donors (Lipinski definition) is 4. The van der Waals surface area contributed by atoms with Crippen molar-refractivity contribution in [3.05, 3.63) is 0 Å². The van der Waals surface area contributed by atoms with Gasteiger partial charge in [-0.15, -0.1) is 0 Å². The Morgan fingerprint density at radius 1 is 1.45 bits per heavy atom. The highest BCUT2D eigenvalue weighted by Gasteiger charge is 2.21. The minimum Gasteiger partial charge on any atom is -0.395 e. The van der Waals surface area contributed by atoms with Crippen molar-refractivity contribution in [1.82, 2.24) is 0 Å². The summed E-state index contributed by atoms with van der Waals surface area (Å²) in [7, 11) is 0. The zero-order valence-electron chi connectivity index (χ0n) is 6.05. The van der Waals surface area contributed by atoms with Gasteiger partial charge in [0, 0.05) is 6.42 Å². The number of nitrogens with two attached hydrogens (primary N) is 1. The second-order valence-electron chi connectivity index (χ2n) is 2.31. The van der Waals surface area contributed by atoms with Gasteiger partial charge in [0.2, 0.25) is 0 Å². The van der Waals surface area contributed by atoms with Crippen LogP contribution in [0, 0.1) is 0 Å². The van der Waals surface area contributed by atoms with E-state index in [1.807, 2.05) is 0 Å². The van der Waals surface area contributed by atoms with Crippen molar-refractivity contribution < 1.29 is 20.1 Å².